The predicted molar refractivity (Wildman–Crippen MR) is 98.6 cm³/mol. The van der Waals surface area contributed by atoms with E-state index in [1.165, 1.54) is 36.4 Å². The summed E-state index contributed by atoms with van der Waals surface area (Å²) in [5.74, 6) is 0. The molecule has 10 heteroatoms. The summed E-state index contributed by atoms with van der Waals surface area (Å²) < 4.78 is 64.2. The van der Waals surface area contributed by atoms with Crippen LogP contribution < -0.4 is 15.4 Å². The standard InChI is InChI=1S/C16H16F3N3O2S2/c1-2-20-26(23,24)14-8-6-12(7-9-14)21-15(25)22-13-5-3-4-11(10-13)16(17,18)19/h3-10,20H,2H2,1H3,(H2,21,22,25). The first-order chi connectivity index (χ1) is 12.1. The molecule has 2 aromatic rings. The maximum Gasteiger partial charge on any atom is 0.416 e. The van der Waals surface area contributed by atoms with Crippen LogP contribution in [-0.4, -0.2) is 20.1 Å². The summed E-state index contributed by atoms with van der Waals surface area (Å²) in [7, 11) is -3.56. The summed E-state index contributed by atoms with van der Waals surface area (Å²) in [6, 6.07) is 10.4. The normalized spacial score (nSPS) is 11.8. The molecule has 0 atom stereocenters. The largest absolute Gasteiger partial charge is 0.416 e. The topological polar surface area (TPSA) is 70.2 Å². The fourth-order valence-electron chi connectivity index (χ4n) is 2.06. The van der Waals surface area contributed by atoms with Crippen molar-refractivity contribution in [2.75, 3.05) is 17.2 Å². The highest BCUT2D eigenvalue weighted by Crippen LogP contribution is 2.30. The number of nitrogens with one attached hydrogen (secondary N) is 3. The van der Waals surface area contributed by atoms with Gasteiger partial charge in [-0.1, -0.05) is 13.0 Å². The van der Waals surface area contributed by atoms with Gasteiger partial charge >= 0.3 is 6.18 Å². The molecule has 0 amide bonds. The number of hydrogen-bond donors (Lipinski definition) is 3. The van der Waals surface area contributed by atoms with Crippen LogP contribution in [0.3, 0.4) is 0 Å². The van der Waals surface area contributed by atoms with E-state index in [4.69, 9.17) is 12.2 Å². The van der Waals surface area contributed by atoms with Crippen molar-refractivity contribution in [3.05, 3.63) is 54.1 Å². The third-order valence-electron chi connectivity index (χ3n) is 3.20. The molecule has 0 aromatic heterocycles. The van der Waals surface area contributed by atoms with Gasteiger partial charge in [0.25, 0.3) is 0 Å². The van der Waals surface area contributed by atoms with Gasteiger partial charge in [-0.15, -0.1) is 0 Å². The van der Waals surface area contributed by atoms with Crippen LogP contribution in [-0.2, 0) is 16.2 Å². The van der Waals surface area contributed by atoms with Crippen LogP contribution in [0, 0.1) is 0 Å². The lowest BCUT2D eigenvalue weighted by atomic mass is 10.2. The molecule has 0 saturated carbocycles. The molecule has 0 aliphatic heterocycles. The first kappa shape index (κ1) is 20.1. The molecule has 0 unspecified atom stereocenters. The fraction of sp³-hybridized carbons (Fsp3) is 0.188. The Labute approximate surface area is 154 Å². The number of sulfonamides is 1. The Morgan fingerprint density at radius 3 is 2.23 bits per heavy atom. The van der Waals surface area contributed by atoms with Gasteiger partial charge in [0, 0.05) is 17.9 Å². The third-order valence-corrected chi connectivity index (χ3v) is 4.97. The zero-order valence-corrected chi connectivity index (χ0v) is 15.2. The van der Waals surface area contributed by atoms with Crippen LogP contribution >= 0.6 is 12.2 Å². The van der Waals surface area contributed by atoms with E-state index in [0.717, 1.165) is 12.1 Å². The van der Waals surface area contributed by atoms with Crippen LogP contribution in [0.2, 0.25) is 0 Å². The van der Waals surface area contributed by atoms with Crippen molar-refractivity contribution in [3.63, 3.8) is 0 Å². The van der Waals surface area contributed by atoms with Gasteiger partial charge in [0.15, 0.2) is 5.11 Å². The van der Waals surface area contributed by atoms with E-state index in [0.29, 0.717) is 5.69 Å². The molecule has 26 heavy (non-hydrogen) atoms. The van der Waals surface area contributed by atoms with Gasteiger partial charge in [-0.3, -0.25) is 0 Å². The van der Waals surface area contributed by atoms with Crippen LogP contribution in [0.15, 0.2) is 53.4 Å². The molecule has 2 rings (SSSR count). The Kier molecular flexibility index (Phi) is 6.21. The van der Waals surface area contributed by atoms with Gasteiger partial charge in [-0.2, -0.15) is 13.2 Å². The lowest BCUT2D eigenvalue weighted by molar-refractivity contribution is -0.137. The zero-order valence-electron chi connectivity index (χ0n) is 13.6. The van der Waals surface area contributed by atoms with Crippen molar-refractivity contribution in [1.29, 1.82) is 0 Å². The number of halogens is 3. The molecule has 2 aromatic carbocycles. The molecule has 0 spiro atoms. The second-order valence-corrected chi connectivity index (χ2v) is 7.36. The Morgan fingerprint density at radius 1 is 1.04 bits per heavy atom. The van der Waals surface area contributed by atoms with Crippen molar-refractivity contribution < 1.29 is 21.6 Å². The molecule has 140 valence electrons. The van der Waals surface area contributed by atoms with E-state index < -0.39 is 21.8 Å². The molecule has 5 nitrogen and oxygen atoms in total. The average molecular weight is 403 g/mol. The first-order valence-electron chi connectivity index (χ1n) is 7.47. The summed E-state index contributed by atoms with van der Waals surface area (Å²) in [5, 5.41) is 5.52. The highest BCUT2D eigenvalue weighted by atomic mass is 32.2. The molecule has 0 bridgehead atoms. The van der Waals surface area contributed by atoms with Gasteiger partial charge in [-0.25, -0.2) is 13.1 Å². The molecule has 0 aliphatic rings. The smallest absolute Gasteiger partial charge is 0.332 e. The zero-order chi connectivity index (χ0) is 19.4. The minimum Gasteiger partial charge on any atom is -0.332 e. The lowest BCUT2D eigenvalue weighted by Gasteiger charge is -2.13. The van der Waals surface area contributed by atoms with E-state index in [-0.39, 0.29) is 22.2 Å². The predicted octanol–water partition coefficient (Wildman–Crippen LogP) is 3.81. The number of anilines is 2. The molecule has 0 fully saturated rings. The van der Waals surface area contributed by atoms with E-state index in [2.05, 4.69) is 15.4 Å². The number of hydrogen-bond acceptors (Lipinski definition) is 3. The summed E-state index contributed by atoms with van der Waals surface area (Å²) >= 11 is 5.07. The Balaban J connectivity index is 2.05. The second-order valence-electron chi connectivity index (χ2n) is 5.18. The molecule has 0 heterocycles. The minimum atomic E-state index is -4.44. The van der Waals surface area contributed by atoms with E-state index in [9.17, 15) is 21.6 Å². The van der Waals surface area contributed by atoms with Crippen molar-refractivity contribution in [2.24, 2.45) is 0 Å². The number of alkyl halides is 3. The summed E-state index contributed by atoms with van der Waals surface area (Å²) in [4.78, 5) is 0.0988. The molecule has 0 saturated heterocycles. The molecule has 3 N–H and O–H groups in total. The van der Waals surface area contributed by atoms with Gasteiger partial charge in [0.2, 0.25) is 10.0 Å². The van der Waals surface area contributed by atoms with Crippen LogP contribution in [0.4, 0.5) is 24.5 Å². The average Bonchev–Trinajstić information content (AvgIpc) is 2.54. The quantitative estimate of drug-likeness (QED) is 0.663. The monoisotopic (exact) mass is 403 g/mol. The number of thiocarbonyl (C=S) groups is 1. The lowest BCUT2D eigenvalue weighted by Crippen LogP contribution is -2.23. The second kappa shape index (κ2) is 8.02. The fourth-order valence-corrected chi connectivity index (χ4v) is 3.33. The van der Waals surface area contributed by atoms with Crippen LogP contribution in [0.25, 0.3) is 0 Å². The summed E-state index contributed by atoms with van der Waals surface area (Å²) in [6.45, 7) is 1.94. The van der Waals surface area contributed by atoms with Crippen molar-refractivity contribution in [3.8, 4) is 0 Å². The molecule has 0 aliphatic carbocycles. The summed E-state index contributed by atoms with van der Waals surface area (Å²) in [5.41, 5.74) is -0.114. The number of rotatable bonds is 5. The minimum absolute atomic E-state index is 0.0756. The van der Waals surface area contributed by atoms with Gasteiger partial charge < -0.3 is 10.6 Å². The SMILES string of the molecule is CCNS(=O)(=O)c1ccc(NC(=S)Nc2cccc(C(F)(F)F)c2)cc1. The van der Waals surface area contributed by atoms with E-state index >= 15 is 0 Å². The Hall–Kier alpha value is -2.17. The third kappa shape index (κ3) is 5.41. The van der Waals surface area contributed by atoms with Crippen molar-refractivity contribution >= 4 is 38.7 Å². The van der Waals surface area contributed by atoms with E-state index in [1.807, 2.05) is 0 Å². The van der Waals surface area contributed by atoms with Crippen molar-refractivity contribution in [2.45, 2.75) is 18.0 Å². The van der Waals surface area contributed by atoms with Gasteiger partial charge in [0.05, 0.1) is 10.5 Å². The molecule has 0 radical (unpaired) electrons. The van der Waals surface area contributed by atoms with Crippen molar-refractivity contribution in [1.82, 2.24) is 4.72 Å². The molecular formula is C16H16F3N3O2S2. The first-order valence-corrected chi connectivity index (χ1v) is 9.36. The highest BCUT2D eigenvalue weighted by Gasteiger charge is 2.30. The van der Waals surface area contributed by atoms with Crippen LogP contribution in [0.5, 0.6) is 0 Å². The molecular weight excluding hydrogens is 387 g/mol. The van der Waals surface area contributed by atoms with Gasteiger partial charge in [-0.05, 0) is 54.7 Å². The van der Waals surface area contributed by atoms with Crippen LogP contribution in [0.1, 0.15) is 12.5 Å². The maximum absolute atomic E-state index is 12.7. The number of benzene rings is 2. The summed E-state index contributed by atoms with van der Waals surface area (Å²) in [6.07, 6.45) is -4.44. The maximum atomic E-state index is 12.7. The highest BCUT2D eigenvalue weighted by molar-refractivity contribution is 7.89. The Morgan fingerprint density at radius 2 is 1.65 bits per heavy atom. The van der Waals surface area contributed by atoms with E-state index in [1.54, 1.807) is 6.92 Å². The Bertz CT molecular complexity index is 882. The van der Waals surface area contributed by atoms with Gasteiger partial charge in [0.1, 0.15) is 0 Å².